The molecule has 1 aromatic heterocycles. The van der Waals surface area contributed by atoms with Crippen molar-refractivity contribution in [3.05, 3.63) is 169 Å². The first-order chi connectivity index (χ1) is 25.5. The van der Waals surface area contributed by atoms with E-state index in [1.807, 2.05) is 115 Å². The van der Waals surface area contributed by atoms with Crippen molar-refractivity contribution in [1.82, 2.24) is 4.57 Å². The lowest BCUT2D eigenvalue weighted by Crippen LogP contribution is -2.06. The van der Waals surface area contributed by atoms with Crippen LogP contribution in [-0.2, 0) is 18.0 Å². The summed E-state index contributed by atoms with van der Waals surface area (Å²) in [6, 6.07) is 40.0. The van der Waals surface area contributed by atoms with Crippen LogP contribution in [0.1, 0.15) is 57.3 Å². The van der Waals surface area contributed by atoms with E-state index in [4.69, 9.17) is 21.1 Å². The molecule has 6 aromatic rings. The Balaban J connectivity index is 0.000000217. The third kappa shape index (κ3) is 10.8. The number of carboxylic acids is 1. The Morgan fingerprint density at radius 2 is 1.26 bits per heavy atom. The molecule has 0 radical (unpaired) electrons. The number of carbonyl (C=O) groups is 3. The van der Waals surface area contributed by atoms with Crippen molar-refractivity contribution >= 4 is 61.0 Å². The van der Waals surface area contributed by atoms with Crippen molar-refractivity contribution in [2.75, 3.05) is 0 Å². The number of benzene rings is 5. The van der Waals surface area contributed by atoms with Crippen LogP contribution in [0.4, 0.5) is 0 Å². The summed E-state index contributed by atoms with van der Waals surface area (Å²) in [5, 5.41) is 9.69. The minimum Gasteiger partial charge on any atom is -0.488 e. The molecule has 1 N–H and O–H groups in total. The maximum Gasteiger partial charge on any atom is 0.337 e. The smallest absolute Gasteiger partial charge is 0.337 e. The van der Waals surface area contributed by atoms with Crippen molar-refractivity contribution in [2.24, 2.45) is 0 Å². The number of aryl methyl sites for hydroxylation is 1. The molecule has 0 amide bonds. The van der Waals surface area contributed by atoms with Crippen molar-refractivity contribution in [1.29, 1.82) is 0 Å². The SMILES string of the molecule is CC(=O)CCC(=O)c1cc(Br)ccc1OCc1ccccc1.Cc1ccc(-c2cc(Br)ccc2OCc2ccccc2)n1-c1ccc(Cl)c(C(=O)O)c1. The first-order valence-electron chi connectivity index (χ1n) is 16.7. The topological polar surface area (TPSA) is 94.8 Å². The quantitative estimate of drug-likeness (QED) is 0.116. The molecule has 0 saturated carbocycles. The number of hydrogen-bond acceptors (Lipinski definition) is 5. The molecule has 0 fully saturated rings. The highest BCUT2D eigenvalue weighted by Crippen LogP contribution is 2.37. The number of carbonyl (C=O) groups excluding carboxylic acids is 2. The number of hydrogen-bond donors (Lipinski definition) is 1. The normalized spacial score (nSPS) is 10.6. The highest BCUT2D eigenvalue weighted by molar-refractivity contribution is 9.10. The van der Waals surface area contributed by atoms with Gasteiger partial charge in [0.1, 0.15) is 30.5 Å². The highest BCUT2D eigenvalue weighted by atomic mass is 79.9. The molecule has 0 aliphatic carbocycles. The first-order valence-corrected chi connectivity index (χ1v) is 18.6. The molecule has 0 unspecified atom stereocenters. The Kier molecular flexibility index (Phi) is 13.8. The van der Waals surface area contributed by atoms with Crippen LogP contribution in [-0.4, -0.2) is 27.2 Å². The van der Waals surface area contributed by atoms with Gasteiger partial charge >= 0.3 is 5.97 Å². The van der Waals surface area contributed by atoms with Crippen LogP contribution in [0.25, 0.3) is 16.9 Å². The number of rotatable bonds is 13. The van der Waals surface area contributed by atoms with Gasteiger partial charge in [0.05, 0.1) is 21.8 Å². The van der Waals surface area contributed by atoms with Gasteiger partial charge in [0.2, 0.25) is 0 Å². The van der Waals surface area contributed by atoms with Crippen LogP contribution < -0.4 is 9.47 Å². The van der Waals surface area contributed by atoms with Crippen LogP contribution in [0, 0.1) is 6.92 Å². The summed E-state index contributed by atoms with van der Waals surface area (Å²) in [4.78, 5) is 34.9. The van der Waals surface area contributed by atoms with Crippen LogP contribution in [0.2, 0.25) is 5.02 Å². The Hall–Kier alpha value is -4.96. The predicted molar refractivity (Wildman–Crippen MR) is 216 cm³/mol. The Labute approximate surface area is 330 Å². The van der Waals surface area contributed by atoms with Crippen LogP contribution in [0.3, 0.4) is 0 Å². The largest absolute Gasteiger partial charge is 0.488 e. The first kappa shape index (κ1) is 39.3. The van der Waals surface area contributed by atoms with Gasteiger partial charge in [0, 0.05) is 38.7 Å². The molecule has 1 heterocycles. The number of aromatic nitrogens is 1. The third-order valence-electron chi connectivity index (χ3n) is 8.15. The fourth-order valence-electron chi connectivity index (χ4n) is 5.48. The van der Waals surface area contributed by atoms with E-state index in [0.717, 1.165) is 42.8 Å². The molecule has 10 heteroatoms. The standard InChI is InChI=1S/C25H19BrClNO3.C18H17BrO3/c1-16-7-11-23(28(16)19-9-10-22(27)20(14-19)25(29)30)21-13-18(26)8-12-24(21)31-15-17-5-3-2-4-6-17;1-13(20)7-9-17(21)16-11-15(19)8-10-18(16)22-12-14-5-3-2-4-6-14/h2-14H,15H2,1H3,(H,29,30);2-6,8,10-11H,7,9,12H2,1H3. The van der Waals surface area contributed by atoms with Gasteiger partial charge in [0.15, 0.2) is 5.78 Å². The van der Waals surface area contributed by atoms with E-state index in [-0.39, 0.29) is 35.0 Å². The monoisotopic (exact) mass is 855 g/mol. The maximum atomic E-state index is 12.3. The van der Waals surface area contributed by atoms with Gasteiger partial charge in [-0.2, -0.15) is 0 Å². The number of halogens is 3. The predicted octanol–water partition coefficient (Wildman–Crippen LogP) is 11.7. The summed E-state index contributed by atoms with van der Waals surface area (Å²) in [5.41, 5.74) is 6.14. The fourth-order valence-corrected chi connectivity index (χ4v) is 6.40. The zero-order chi connectivity index (χ0) is 37.9. The van der Waals surface area contributed by atoms with E-state index in [0.29, 0.717) is 30.2 Å². The van der Waals surface area contributed by atoms with Gasteiger partial charge in [-0.1, -0.05) is 104 Å². The number of ether oxygens (including phenoxy) is 2. The number of nitrogens with zero attached hydrogens (tertiary/aromatic N) is 1. The number of Topliss-reactive ketones (excluding diaryl/α,β-unsaturated/α-hetero) is 2. The zero-order valence-electron chi connectivity index (χ0n) is 29.0. The van der Waals surface area contributed by atoms with Gasteiger partial charge in [0.25, 0.3) is 0 Å². The summed E-state index contributed by atoms with van der Waals surface area (Å²) in [7, 11) is 0. The Bertz CT molecular complexity index is 2220. The molecule has 0 aliphatic heterocycles. The summed E-state index contributed by atoms with van der Waals surface area (Å²) in [6.07, 6.45) is 0.455. The van der Waals surface area contributed by atoms with Crippen LogP contribution >= 0.6 is 43.5 Å². The summed E-state index contributed by atoms with van der Waals surface area (Å²) in [5.74, 6) is 0.140. The van der Waals surface area contributed by atoms with E-state index in [9.17, 15) is 19.5 Å². The van der Waals surface area contributed by atoms with Crippen molar-refractivity contribution in [3.8, 4) is 28.4 Å². The summed E-state index contributed by atoms with van der Waals surface area (Å²) in [6.45, 7) is 4.30. The molecular formula is C43H36Br2ClNO6. The highest BCUT2D eigenvalue weighted by Gasteiger charge is 2.18. The van der Waals surface area contributed by atoms with E-state index in [2.05, 4.69) is 31.9 Å². The second-order valence-electron chi connectivity index (χ2n) is 12.1. The summed E-state index contributed by atoms with van der Waals surface area (Å²) >= 11 is 13.0. The molecule has 0 saturated heterocycles. The lowest BCUT2D eigenvalue weighted by atomic mass is 10.0. The number of aromatic carboxylic acids is 1. The zero-order valence-corrected chi connectivity index (χ0v) is 33.0. The molecule has 0 atom stereocenters. The van der Waals surface area contributed by atoms with Gasteiger partial charge in [-0.3, -0.25) is 4.79 Å². The number of carboxylic acid groups (broad SMARTS) is 1. The Morgan fingerprint density at radius 3 is 1.87 bits per heavy atom. The van der Waals surface area contributed by atoms with Crippen molar-refractivity contribution in [3.63, 3.8) is 0 Å². The number of ketones is 2. The second kappa shape index (κ2) is 18.7. The average Bonchev–Trinajstić information content (AvgIpc) is 3.54. The Morgan fingerprint density at radius 1 is 0.679 bits per heavy atom. The van der Waals surface area contributed by atoms with E-state index in [1.54, 1.807) is 24.3 Å². The molecule has 0 spiro atoms. The second-order valence-corrected chi connectivity index (χ2v) is 14.4. The lowest BCUT2D eigenvalue weighted by molar-refractivity contribution is -0.117. The molecule has 5 aromatic carbocycles. The molecular weight excluding hydrogens is 822 g/mol. The minimum absolute atomic E-state index is 0.00935. The van der Waals surface area contributed by atoms with E-state index >= 15 is 0 Å². The van der Waals surface area contributed by atoms with E-state index in [1.165, 1.54) is 6.92 Å². The van der Waals surface area contributed by atoms with Crippen LogP contribution in [0.5, 0.6) is 11.5 Å². The lowest BCUT2D eigenvalue weighted by Gasteiger charge is -2.17. The van der Waals surface area contributed by atoms with Crippen molar-refractivity contribution in [2.45, 2.75) is 39.9 Å². The fraction of sp³-hybridized carbons (Fsp3) is 0.140. The van der Waals surface area contributed by atoms with E-state index < -0.39 is 5.97 Å². The molecule has 0 bridgehead atoms. The molecule has 270 valence electrons. The molecule has 6 rings (SSSR count). The van der Waals surface area contributed by atoms with Gasteiger partial charge < -0.3 is 23.9 Å². The van der Waals surface area contributed by atoms with Crippen molar-refractivity contribution < 1.29 is 29.0 Å². The maximum absolute atomic E-state index is 12.3. The van der Waals surface area contributed by atoms with Gasteiger partial charge in [-0.25, -0.2) is 4.79 Å². The third-order valence-corrected chi connectivity index (χ3v) is 9.47. The van der Waals surface area contributed by atoms with Crippen LogP contribution in [0.15, 0.2) is 136 Å². The van der Waals surface area contributed by atoms with Gasteiger partial charge in [-0.15, -0.1) is 0 Å². The molecule has 7 nitrogen and oxygen atoms in total. The van der Waals surface area contributed by atoms with Gasteiger partial charge in [-0.05, 0) is 91.7 Å². The molecule has 0 aliphatic rings. The molecule has 53 heavy (non-hydrogen) atoms. The minimum atomic E-state index is -1.06. The average molecular weight is 858 g/mol. The summed E-state index contributed by atoms with van der Waals surface area (Å²) < 4.78 is 15.7.